The number of nitrogens with zero attached hydrogens (tertiary/aromatic N) is 4. The Morgan fingerprint density at radius 2 is 2.09 bits per heavy atom. The third kappa shape index (κ3) is 2.51. The van der Waals surface area contributed by atoms with Crippen molar-refractivity contribution >= 4 is 34.3 Å². The fourth-order valence-corrected chi connectivity index (χ4v) is 3.41. The predicted octanol–water partition coefficient (Wildman–Crippen LogP) is 4.05. The van der Waals surface area contributed by atoms with Gasteiger partial charge in [-0.3, -0.25) is 0 Å². The lowest BCUT2D eigenvalue weighted by Gasteiger charge is -1.88. The van der Waals surface area contributed by atoms with Crippen molar-refractivity contribution in [2.75, 3.05) is 0 Å². The number of aromatic nitrogens is 4. The maximum Gasteiger partial charge on any atom is 0.284 e. The fraction of sp³-hybridized carbons (Fsp3) is 0.143. The summed E-state index contributed by atoms with van der Waals surface area (Å²) in [5.74, 6) is 1.75. The van der Waals surface area contributed by atoms with Gasteiger partial charge >= 0.3 is 0 Å². The van der Waals surface area contributed by atoms with E-state index in [9.17, 15) is 0 Å². The second-order valence-corrected chi connectivity index (χ2v) is 6.40. The minimum absolute atomic E-state index is 0.360. The van der Waals surface area contributed by atoms with E-state index in [0.717, 1.165) is 27.6 Å². The van der Waals surface area contributed by atoms with E-state index in [0.29, 0.717) is 16.9 Å². The van der Waals surface area contributed by atoms with Crippen LogP contribution in [0.25, 0.3) is 22.6 Å². The van der Waals surface area contributed by atoms with Gasteiger partial charge in [0.25, 0.3) is 11.1 Å². The first-order chi connectivity index (χ1) is 10.8. The van der Waals surface area contributed by atoms with E-state index < -0.39 is 0 Å². The second-order valence-electron chi connectivity index (χ2n) is 4.45. The Morgan fingerprint density at radius 3 is 2.91 bits per heavy atom. The summed E-state index contributed by atoms with van der Waals surface area (Å²) < 4.78 is 16.4. The van der Waals surface area contributed by atoms with Crippen LogP contribution in [-0.4, -0.2) is 19.6 Å². The number of hydrogen-bond donors (Lipinski definition) is 0. The van der Waals surface area contributed by atoms with Crippen LogP contribution in [0.2, 0.25) is 0 Å². The third-order valence-corrected chi connectivity index (χ3v) is 4.61. The van der Waals surface area contributed by atoms with Crippen molar-refractivity contribution in [3.05, 3.63) is 36.2 Å². The molecule has 0 N–H and O–H groups in total. The molecule has 6 nitrogen and oxygen atoms in total. The van der Waals surface area contributed by atoms with Crippen molar-refractivity contribution in [3.8, 4) is 11.7 Å². The second kappa shape index (κ2) is 5.54. The zero-order chi connectivity index (χ0) is 14.9. The smallest absolute Gasteiger partial charge is 0.284 e. The van der Waals surface area contributed by atoms with Gasteiger partial charge in [-0.25, -0.2) is 4.98 Å². The lowest BCUT2D eigenvalue weighted by molar-refractivity contribution is 0.451. The highest BCUT2D eigenvalue weighted by Crippen LogP contribution is 2.32. The third-order valence-electron chi connectivity index (χ3n) is 2.98. The van der Waals surface area contributed by atoms with E-state index in [1.54, 1.807) is 0 Å². The highest BCUT2D eigenvalue weighted by Gasteiger charge is 2.15. The summed E-state index contributed by atoms with van der Waals surface area (Å²) in [7, 11) is 0. The zero-order valence-corrected chi connectivity index (χ0v) is 13.1. The molecule has 0 aliphatic rings. The van der Waals surface area contributed by atoms with Gasteiger partial charge in [-0.1, -0.05) is 25.1 Å². The molecule has 0 aliphatic heterocycles. The van der Waals surface area contributed by atoms with E-state index in [4.69, 9.17) is 8.83 Å². The van der Waals surface area contributed by atoms with Gasteiger partial charge in [-0.2, -0.15) is 4.37 Å². The summed E-state index contributed by atoms with van der Waals surface area (Å²) >= 11 is 2.64. The first-order valence-electron chi connectivity index (χ1n) is 6.64. The van der Waals surface area contributed by atoms with Crippen LogP contribution >= 0.6 is 23.3 Å². The molecule has 0 bridgehead atoms. The van der Waals surface area contributed by atoms with Crippen molar-refractivity contribution < 1.29 is 8.83 Å². The SMILES string of the molecule is CCc1nsc(Sc2nnc(-c3cc4ccccc4o3)o2)n1. The number of aryl methyl sites for hydroxylation is 1. The largest absolute Gasteiger partial charge is 0.451 e. The van der Waals surface area contributed by atoms with Crippen LogP contribution in [-0.2, 0) is 6.42 Å². The Hall–Kier alpha value is -2.19. The monoisotopic (exact) mass is 330 g/mol. The molecule has 0 atom stereocenters. The van der Waals surface area contributed by atoms with Crippen molar-refractivity contribution in [2.24, 2.45) is 0 Å². The quantitative estimate of drug-likeness (QED) is 0.558. The van der Waals surface area contributed by atoms with Crippen LogP contribution in [0.1, 0.15) is 12.7 Å². The normalized spacial score (nSPS) is 11.3. The first kappa shape index (κ1) is 13.5. The minimum Gasteiger partial charge on any atom is -0.451 e. The zero-order valence-electron chi connectivity index (χ0n) is 11.5. The van der Waals surface area contributed by atoms with Crippen LogP contribution in [0.3, 0.4) is 0 Å². The van der Waals surface area contributed by atoms with E-state index in [-0.39, 0.29) is 0 Å². The summed E-state index contributed by atoms with van der Waals surface area (Å²) in [5.41, 5.74) is 0.793. The summed E-state index contributed by atoms with van der Waals surface area (Å²) in [6.07, 6.45) is 0.811. The molecule has 0 radical (unpaired) electrons. The molecule has 22 heavy (non-hydrogen) atoms. The van der Waals surface area contributed by atoms with Crippen molar-refractivity contribution in [1.82, 2.24) is 19.6 Å². The van der Waals surface area contributed by atoms with Crippen LogP contribution in [0.15, 0.2) is 48.7 Å². The van der Waals surface area contributed by atoms with Gasteiger partial charge in [-0.05, 0) is 23.7 Å². The molecule has 3 aromatic heterocycles. The molecule has 4 aromatic rings. The highest BCUT2D eigenvalue weighted by atomic mass is 32.2. The van der Waals surface area contributed by atoms with Gasteiger partial charge in [0.05, 0.1) is 0 Å². The lowest BCUT2D eigenvalue weighted by atomic mass is 10.2. The molecule has 0 saturated carbocycles. The topological polar surface area (TPSA) is 77.8 Å². The van der Waals surface area contributed by atoms with Crippen molar-refractivity contribution in [1.29, 1.82) is 0 Å². The van der Waals surface area contributed by atoms with Gasteiger partial charge < -0.3 is 8.83 Å². The number of fused-ring (bicyclic) bond motifs is 1. The van der Waals surface area contributed by atoms with E-state index in [2.05, 4.69) is 19.6 Å². The maximum atomic E-state index is 5.71. The Morgan fingerprint density at radius 1 is 1.18 bits per heavy atom. The fourth-order valence-electron chi connectivity index (χ4n) is 1.94. The number of furan rings is 1. The molecule has 110 valence electrons. The highest BCUT2D eigenvalue weighted by molar-refractivity contribution is 8.00. The van der Waals surface area contributed by atoms with Gasteiger partial charge in [0, 0.05) is 23.6 Å². The summed E-state index contributed by atoms with van der Waals surface area (Å²) in [4.78, 5) is 4.36. The standard InChI is InChI=1S/C14H10N4O2S2/c1-2-11-15-14(22-18-11)21-13-17-16-12(20-13)10-7-8-5-3-4-6-9(8)19-10/h3-7H,2H2,1H3. The molecule has 8 heteroatoms. The summed E-state index contributed by atoms with van der Waals surface area (Å²) in [5, 5.41) is 9.48. The lowest BCUT2D eigenvalue weighted by Crippen LogP contribution is -1.80. The van der Waals surface area contributed by atoms with Crippen LogP contribution < -0.4 is 0 Å². The molecule has 3 heterocycles. The molecular weight excluding hydrogens is 320 g/mol. The molecule has 0 unspecified atom stereocenters. The van der Waals surface area contributed by atoms with E-state index in [1.165, 1.54) is 23.3 Å². The average molecular weight is 330 g/mol. The molecule has 4 rings (SSSR count). The van der Waals surface area contributed by atoms with Crippen molar-refractivity contribution in [2.45, 2.75) is 22.9 Å². The number of rotatable bonds is 4. The van der Waals surface area contributed by atoms with Crippen LogP contribution in [0.4, 0.5) is 0 Å². The summed E-state index contributed by atoms with van der Waals surface area (Å²) in [6, 6.07) is 9.64. The molecule has 0 amide bonds. The molecule has 0 spiro atoms. The minimum atomic E-state index is 0.360. The molecular formula is C14H10N4O2S2. The van der Waals surface area contributed by atoms with Crippen molar-refractivity contribution in [3.63, 3.8) is 0 Å². The van der Waals surface area contributed by atoms with E-state index in [1.807, 2.05) is 37.3 Å². The van der Waals surface area contributed by atoms with Gasteiger partial charge in [0.2, 0.25) is 0 Å². The maximum absolute atomic E-state index is 5.71. The predicted molar refractivity (Wildman–Crippen MR) is 82.9 cm³/mol. The van der Waals surface area contributed by atoms with Crippen LogP contribution in [0, 0.1) is 0 Å². The molecule has 0 saturated heterocycles. The summed E-state index contributed by atoms with van der Waals surface area (Å²) in [6.45, 7) is 2.02. The number of para-hydroxylation sites is 1. The van der Waals surface area contributed by atoms with Gasteiger partial charge in [0.1, 0.15) is 11.4 Å². The van der Waals surface area contributed by atoms with E-state index >= 15 is 0 Å². The number of benzene rings is 1. The first-order valence-corrected chi connectivity index (χ1v) is 8.23. The molecule has 1 aromatic carbocycles. The Balaban J connectivity index is 1.60. The Bertz CT molecular complexity index is 895. The van der Waals surface area contributed by atoms with Gasteiger partial charge in [0.15, 0.2) is 10.1 Å². The Labute approximate surface area is 133 Å². The van der Waals surface area contributed by atoms with Crippen LogP contribution in [0.5, 0.6) is 0 Å². The molecule has 0 aliphatic carbocycles. The number of hydrogen-bond acceptors (Lipinski definition) is 8. The Kier molecular flexibility index (Phi) is 3.39. The van der Waals surface area contributed by atoms with Gasteiger partial charge in [-0.15, -0.1) is 10.2 Å². The average Bonchev–Trinajstić information content (AvgIpc) is 3.26. The molecule has 0 fully saturated rings.